The molecule has 174 valence electrons. The predicted octanol–water partition coefficient (Wildman–Crippen LogP) is 4.36. The van der Waals surface area contributed by atoms with Gasteiger partial charge in [0.05, 0.1) is 18.4 Å². The third-order valence-corrected chi connectivity index (χ3v) is 4.99. The van der Waals surface area contributed by atoms with E-state index in [0.717, 1.165) is 0 Å². The van der Waals surface area contributed by atoms with Gasteiger partial charge in [0.1, 0.15) is 0 Å². The molecule has 0 fully saturated rings. The first-order valence-corrected chi connectivity index (χ1v) is 10.7. The van der Waals surface area contributed by atoms with Crippen LogP contribution in [-0.2, 0) is 9.59 Å². The highest BCUT2D eigenvalue weighted by Crippen LogP contribution is 2.29. The topological polar surface area (TPSA) is 106 Å². The van der Waals surface area contributed by atoms with Gasteiger partial charge in [-0.2, -0.15) is 5.10 Å². The van der Waals surface area contributed by atoms with Gasteiger partial charge in [-0.05, 0) is 67.4 Å². The molecule has 0 radical (unpaired) electrons. The van der Waals surface area contributed by atoms with Crippen LogP contribution in [-0.4, -0.2) is 30.6 Å². The number of amides is 2. The Kier molecular flexibility index (Phi) is 8.37. The SMILES string of the molecule is CCOc1cc(C=NNC(=O)C(=O)Nc2cccc(Cl)c2C)ccc1OC(=O)c1ccccc1. The van der Waals surface area contributed by atoms with Crippen LogP contribution in [0.3, 0.4) is 0 Å². The van der Waals surface area contributed by atoms with Crippen molar-refractivity contribution in [2.45, 2.75) is 13.8 Å². The number of nitrogens with zero attached hydrogens (tertiary/aromatic N) is 1. The van der Waals surface area contributed by atoms with Crippen LogP contribution in [0.4, 0.5) is 5.69 Å². The zero-order valence-electron chi connectivity index (χ0n) is 18.5. The van der Waals surface area contributed by atoms with E-state index in [2.05, 4.69) is 15.8 Å². The lowest BCUT2D eigenvalue weighted by Crippen LogP contribution is -2.32. The van der Waals surface area contributed by atoms with E-state index >= 15 is 0 Å². The summed E-state index contributed by atoms with van der Waals surface area (Å²) in [5.74, 6) is -1.78. The number of hydrogen-bond donors (Lipinski definition) is 2. The van der Waals surface area contributed by atoms with Crippen LogP contribution in [0.5, 0.6) is 11.5 Å². The van der Waals surface area contributed by atoms with Crippen molar-refractivity contribution in [3.63, 3.8) is 0 Å². The van der Waals surface area contributed by atoms with Crippen LogP contribution in [0.15, 0.2) is 71.8 Å². The maximum atomic E-state index is 12.3. The molecule has 0 heterocycles. The molecule has 0 saturated carbocycles. The second-order valence-electron chi connectivity index (χ2n) is 6.96. The van der Waals surface area contributed by atoms with Gasteiger partial charge in [-0.1, -0.05) is 35.9 Å². The number of benzene rings is 3. The Hall–Kier alpha value is -4.17. The molecule has 0 unspecified atom stereocenters. The average Bonchev–Trinajstić information content (AvgIpc) is 2.84. The number of esters is 1. The summed E-state index contributed by atoms with van der Waals surface area (Å²) in [5.41, 5.74) is 4.19. The second kappa shape index (κ2) is 11.6. The zero-order chi connectivity index (χ0) is 24.5. The van der Waals surface area contributed by atoms with Crippen LogP contribution >= 0.6 is 11.6 Å². The summed E-state index contributed by atoms with van der Waals surface area (Å²) in [6.07, 6.45) is 1.33. The van der Waals surface area contributed by atoms with Crippen molar-refractivity contribution in [2.24, 2.45) is 5.10 Å². The van der Waals surface area contributed by atoms with E-state index in [4.69, 9.17) is 21.1 Å². The third kappa shape index (κ3) is 6.43. The number of anilines is 1. The second-order valence-corrected chi connectivity index (χ2v) is 7.37. The first-order valence-electron chi connectivity index (χ1n) is 10.3. The van der Waals surface area contributed by atoms with E-state index in [9.17, 15) is 14.4 Å². The lowest BCUT2D eigenvalue weighted by atomic mass is 10.2. The highest BCUT2D eigenvalue weighted by molar-refractivity contribution is 6.40. The fourth-order valence-electron chi connectivity index (χ4n) is 2.83. The van der Waals surface area contributed by atoms with Gasteiger partial charge >= 0.3 is 17.8 Å². The monoisotopic (exact) mass is 479 g/mol. The quantitative estimate of drug-likeness (QED) is 0.172. The molecule has 3 aromatic carbocycles. The highest BCUT2D eigenvalue weighted by Gasteiger charge is 2.15. The maximum absolute atomic E-state index is 12.3. The number of nitrogens with one attached hydrogen (secondary N) is 2. The third-order valence-electron chi connectivity index (χ3n) is 4.58. The van der Waals surface area contributed by atoms with Crippen molar-refractivity contribution >= 4 is 41.3 Å². The Bertz CT molecular complexity index is 1230. The molecule has 0 bridgehead atoms. The molecule has 3 aromatic rings. The minimum Gasteiger partial charge on any atom is -0.490 e. The molecule has 0 aliphatic rings. The Morgan fingerprint density at radius 2 is 1.74 bits per heavy atom. The summed E-state index contributed by atoms with van der Waals surface area (Å²) >= 11 is 6.02. The van der Waals surface area contributed by atoms with E-state index in [1.165, 1.54) is 6.21 Å². The normalized spacial score (nSPS) is 10.6. The van der Waals surface area contributed by atoms with Crippen molar-refractivity contribution in [1.82, 2.24) is 5.43 Å². The van der Waals surface area contributed by atoms with E-state index in [1.54, 1.807) is 80.6 Å². The molecule has 2 amide bonds. The zero-order valence-corrected chi connectivity index (χ0v) is 19.3. The van der Waals surface area contributed by atoms with Gasteiger partial charge in [0.15, 0.2) is 11.5 Å². The van der Waals surface area contributed by atoms with E-state index in [0.29, 0.717) is 39.8 Å². The predicted molar refractivity (Wildman–Crippen MR) is 130 cm³/mol. The van der Waals surface area contributed by atoms with Gasteiger partial charge in [-0.25, -0.2) is 10.2 Å². The molecule has 34 heavy (non-hydrogen) atoms. The maximum Gasteiger partial charge on any atom is 0.343 e. The van der Waals surface area contributed by atoms with Gasteiger partial charge in [0.25, 0.3) is 0 Å². The number of hydrogen-bond acceptors (Lipinski definition) is 6. The Morgan fingerprint density at radius 1 is 0.971 bits per heavy atom. The molecule has 0 aliphatic heterocycles. The van der Waals surface area contributed by atoms with Crippen molar-refractivity contribution in [3.05, 3.63) is 88.4 Å². The smallest absolute Gasteiger partial charge is 0.343 e. The van der Waals surface area contributed by atoms with Crippen LogP contribution in [0.1, 0.15) is 28.4 Å². The van der Waals surface area contributed by atoms with Crippen LogP contribution in [0.2, 0.25) is 5.02 Å². The Labute approximate surface area is 201 Å². The fraction of sp³-hybridized carbons (Fsp3) is 0.120. The molecule has 0 saturated heterocycles. The Balaban J connectivity index is 1.64. The molecule has 0 aromatic heterocycles. The van der Waals surface area contributed by atoms with Crippen molar-refractivity contribution in [2.75, 3.05) is 11.9 Å². The minimum absolute atomic E-state index is 0.244. The number of hydrazone groups is 1. The summed E-state index contributed by atoms with van der Waals surface area (Å²) in [4.78, 5) is 36.5. The van der Waals surface area contributed by atoms with Gasteiger partial charge in [-0.3, -0.25) is 9.59 Å². The number of carbonyl (C=O) groups excluding carboxylic acids is 3. The first-order chi connectivity index (χ1) is 16.4. The molecule has 2 N–H and O–H groups in total. The van der Waals surface area contributed by atoms with Crippen LogP contribution < -0.4 is 20.2 Å². The van der Waals surface area contributed by atoms with Crippen molar-refractivity contribution in [3.8, 4) is 11.5 Å². The first kappa shape index (κ1) is 24.5. The Morgan fingerprint density at radius 3 is 2.47 bits per heavy atom. The minimum atomic E-state index is -0.950. The van der Waals surface area contributed by atoms with Crippen LogP contribution in [0, 0.1) is 6.92 Å². The molecule has 3 rings (SSSR count). The average molecular weight is 480 g/mol. The molecule has 9 heteroatoms. The summed E-state index contributed by atoms with van der Waals surface area (Å²) in [5, 5.41) is 6.77. The van der Waals surface area contributed by atoms with Crippen molar-refractivity contribution < 1.29 is 23.9 Å². The lowest BCUT2D eigenvalue weighted by molar-refractivity contribution is -0.136. The van der Waals surface area contributed by atoms with Gasteiger partial charge in [-0.15, -0.1) is 0 Å². The molecule has 8 nitrogen and oxygen atoms in total. The lowest BCUT2D eigenvalue weighted by Gasteiger charge is -2.11. The summed E-state index contributed by atoms with van der Waals surface area (Å²) in [7, 11) is 0. The summed E-state index contributed by atoms with van der Waals surface area (Å²) in [6, 6.07) is 18.3. The van der Waals surface area contributed by atoms with Gasteiger partial charge in [0, 0.05) is 10.7 Å². The van der Waals surface area contributed by atoms with Gasteiger partial charge in [0.2, 0.25) is 0 Å². The largest absolute Gasteiger partial charge is 0.490 e. The van der Waals surface area contributed by atoms with Gasteiger partial charge < -0.3 is 14.8 Å². The number of carbonyl (C=O) groups is 3. The highest BCUT2D eigenvalue weighted by atomic mass is 35.5. The molecular formula is C25H22ClN3O5. The molecule has 0 aliphatic carbocycles. The standard InChI is InChI=1S/C25H22ClN3O5/c1-3-33-22-14-17(12-13-21(22)34-25(32)18-8-5-4-6-9-18)15-27-29-24(31)23(30)28-20-11-7-10-19(26)16(20)2/h4-15H,3H2,1-2H3,(H,28,30)(H,29,31). The summed E-state index contributed by atoms with van der Waals surface area (Å²) in [6.45, 7) is 3.87. The fourth-order valence-corrected chi connectivity index (χ4v) is 3.00. The van der Waals surface area contributed by atoms with E-state index < -0.39 is 17.8 Å². The number of rotatable bonds is 7. The van der Waals surface area contributed by atoms with Crippen LogP contribution in [0.25, 0.3) is 0 Å². The molecule has 0 atom stereocenters. The summed E-state index contributed by atoms with van der Waals surface area (Å²) < 4.78 is 11.0. The molecule has 0 spiro atoms. The molecular weight excluding hydrogens is 458 g/mol. The number of ether oxygens (including phenoxy) is 2. The van der Waals surface area contributed by atoms with E-state index in [1.807, 2.05) is 0 Å². The van der Waals surface area contributed by atoms with Crippen molar-refractivity contribution in [1.29, 1.82) is 0 Å². The number of halogens is 1. The van der Waals surface area contributed by atoms with E-state index in [-0.39, 0.29) is 5.75 Å².